The highest BCUT2D eigenvalue weighted by Gasteiger charge is 2.15. The maximum atomic E-state index is 10.5. The van der Waals surface area contributed by atoms with Gasteiger partial charge >= 0.3 is 0 Å². The number of carbonyl (C=O) groups is 1. The first-order valence-corrected chi connectivity index (χ1v) is 3.90. The standard InChI is InChI=1S/C8H6ClNO3/c9-7-2-1-3-8(10(12)13)6(7)4-5-11/h1-3,5H,4H2. The average molecular weight is 200 g/mol. The van der Waals surface area contributed by atoms with Crippen molar-refractivity contribution in [3.8, 4) is 0 Å². The lowest BCUT2D eigenvalue weighted by Crippen LogP contribution is -1.96. The third kappa shape index (κ3) is 2.03. The van der Waals surface area contributed by atoms with E-state index in [1.165, 1.54) is 18.2 Å². The Morgan fingerprint density at radius 2 is 2.23 bits per heavy atom. The number of nitro groups is 1. The van der Waals surface area contributed by atoms with Crippen LogP contribution in [-0.2, 0) is 11.2 Å². The lowest BCUT2D eigenvalue weighted by atomic mass is 10.1. The van der Waals surface area contributed by atoms with Gasteiger partial charge in [0.1, 0.15) is 6.29 Å². The van der Waals surface area contributed by atoms with Crippen molar-refractivity contribution in [1.82, 2.24) is 0 Å². The van der Waals surface area contributed by atoms with Gasteiger partial charge in [-0.15, -0.1) is 0 Å². The van der Waals surface area contributed by atoms with Gasteiger partial charge in [0.2, 0.25) is 0 Å². The van der Waals surface area contributed by atoms with Crippen LogP contribution in [0.4, 0.5) is 5.69 Å². The van der Waals surface area contributed by atoms with Crippen LogP contribution in [0.25, 0.3) is 0 Å². The summed E-state index contributed by atoms with van der Waals surface area (Å²) in [6.45, 7) is 0. The lowest BCUT2D eigenvalue weighted by Gasteiger charge is -2.00. The molecule has 1 aromatic carbocycles. The molecule has 0 spiro atoms. The van der Waals surface area contributed by atoms with E-state index in [-0.39, 0.29) is 22.7 Å². The van der Waals surface area contributed by atoms with Crippen molar-refractivity contribution in [3.63, 3.8) is 0 Å². The molecule has 0 atom stereocenters. The number of nitrogens with zero attached hydrogens (tertiary/aromatic N) is 1. The number of rotatable bonds is 3. The zero-order chi connectivity index (χ0) is 9.84. The number of hydrogen-bond donors (Lipinski definition) is 0. The summed E-state index contributed by atoms with van der Waals surface area (Å²) in [5, 5.41) is 10.7. The second-order valence-electron chi connectivity index (χ2n) is 2.37. The summed E-state index contributed by atoms with van der Waals surface area (Å²) in [5.74, 6) is 0. The largest absolute Gasteiger partial charge is 0.303 e. The molecule has 0 saturated carbocycles. The quantitative estimate of drug-likeness (QED) is 0.425. The first-order valence-electron chi connectivity index (χ1n) is 3.52. The molecule has 0 fully saturated rings. The number of carbonyl (C=O) groups excluding carboxylic acids is 1. The Bertz CT molecular complexity index is 351. The molecule has 0 aliphatic carbocycles. The topological polar surface area (TPSA) is 60.2 Å². The Morgan fingerprint density at radius 3 is 2.77 bits per heavy atom. The van der Waals surface area contributed by atoms with Crippen molar-refractivity contribution in [1.29, 1.82) is 0 Å². The van der Waals surface area contributed by atoms with E-state index in [0.29, 0.717) is 6.29 Å². The van der Waals surface area contributed by atoms with Crippen LogP contribution in [0.2, 0.25) is 5.02 Å². The molecule has 1 rings (SSSR count). The van der Waals surface area contributed by atoms with Crippen LogP contribution in [0.3, 0.4) is 0 Å². The summed E-state index contributed by atoms with van der Waals surface area (Å²) in [4.78, 5) is 20.1. The summed E-state index contributed by atoms with van der Waals surface area (Å²) in [6, 6.07) is 4.33. The second kappa shape index (κ2) is 4.00. The van der Waals surface area contributed by atoms with Gasteiger partial charge in [-0.3, -0.25) is 10.1 Å². The summed E-state index contributed by atoms with van der Waals surface area (Å²) in [6.07, 6.45) is 0.560. The molecule has 0 saturated heterocycles. The highest BCUT2D eigenvalue weighted by Crippen LogP contribution is 2.25. The van der Waals surface area contributed by atoms with Crippen LogP contribution in [0, 0.1) is 10.1 Å². The summed E-state index contributed by atoms with van der Waals surface area (Å²) in [7, 11) is 0. The van der Waals surface area contributed by atoms with E-state index in [1.807, 2.05) is 0 Å². The summed E-state index contributed by atoms with van der Waals surface area (Å²) in [5.41, 5.74) is 0.156. The molecule has 1 aromatic rings. The van der Waals surface area contributed by atoms with E-state index in [4.69, 9.17) is 11.6 Å². The molecule has 68 valence electrons. The van der Waals surface area contributed by atoms with Gasteiger partial charge in [0.25, 0.3) is 5.69 Å². The first-order chi connectivity index (χ1) is 6.16. The molecule has 0 aliphatic heterocycles. The Morgan fingerprint density at radius 1 is 1.54 bits per heavy atom. The molecule has 13 heavy (non-hydrogen) atoms. The van der Waals surface area contributed by atoms with E-state index in [0.717, 1.165) is 0 Å². The predicted molar refractivity (Wildman–Crippen MR) is 47.9 cm³/mol. The van der Waals surface area contributed by atoms with Crippen molar-refractivity contribution in [2.75, 3.05) is 0 Å². The molecular weight excluding hydrogens is 194 g/mol. The Kier molecular flexibility index (Phi) is 2.97. The molecule has 0 heterocycles. The maximum absolute atomic E-state index is 10.5. The Hall–Kier alpha value is -1.42. The number of halogens is 1. The van der Waals surface area contributed by atoms with Crippen molar-refractivity contribution in [2.24, 2.45) is 0 Å². The van der Waals surface area contributed by atoms with Crippen LogP contribution in [0.5, 0.6) is 0 Å². The molecule has 0 amide bonds. The van der Waals surface area contributed by atoms with E-state index in [1.54, 1.807) is 0 Å². The molecule has 0 aliphatic rings. The fourth-order valence-corrected chi connectivity index (χ4v) is 1.25. The molecule has 0 radical (unpaired) electrons. The summed E-state index contributed by atoms with van der Waals surface area (Å²) < 4.78 is 0. The van der Waals surface area contributed by atoms with Crippen molar-refractivity contribution < 1.29 is 9.72 Å². The number of benzene rings is 1. The van der Waals surface area contributed by atoms with E-state index in [9.17, 15) is 14.9 Å². The SMILES string of the molecule is O=CCc1c(Cl)cccc1[N+](=O)[O-]. The minimum absolute atomic E-state index is 0.0318. The number of aldehydes is 1. The smallest absolute Gasteiger partial charge is 0.274 e. The molecule has 4 nitrogen and oxygen atoms in total. The molecule has 0 unspecified atom stereocenters. The van der Waals surface area contributed by atoms with Crippen LogP contribution < -0.4 is 0 Å². The van der Waals surface area contributed by atoms with Crippen LogP contribution in [0.1, 0.15) is 5.56 Å². The Labute approximate surface area is 79.3 Å². The Balaban J connectivity index is 3.24. The lowest BCUT2D eigenvalue weighted by molar-refractivity contribution is -0.385. The zero-order valence-electron chi connectivity index (χ0n) is 6.57. The van der Waals surface area contributed by atoms with Crippen LogP contribution in [0.15, 0.2) is 18.2 Å². The van der Waals surface area contributed by atoms with Crippen molar-refractivity contribution >= 4 is 23.6 Å². The predicted octanol–water partition coefficient (Wildman–Crippen LogP) is 1.99. The van der Waals surface area contributed by atoms with Gasteiger partial charge in [-0.1, -0.05) is 17.7 Å². The second-order valence-corrected chi connectivity index (χ2v) is 2.77. The van der Waals surface area contributed by atoms with E-state index >= 15 is 0 Å². The average Bonchev–Trinajstić information content (AvgIpc) is 2.08. The van der Waals surface area contributed by atoms with Gasteiger partial charge in [-0.2, -0.15) is 0 Å². The van der Waals surface area contributed by atoms with Crippen LogP contribution in [-0.4, -0.2) is 11.2 Å². The number of hydrogen-bond acceptors (Lipinski definition) is 3. The highest BCUT2D eigenvalue weighted by molar-refractivity contribution is 6.31. The van der Waals surface area contributed by atoms with Crippen LogP contribution >= 0.6 is 11.6 Å². The maximum Gasteiger partial charge on any atom is 0.274 e. The molecule has 0 N–H and O–H groups in total. The van der Waals surface area contributed by atoms with Gasteiger partial charge < -0.3 is 4.79 Å². The van der Waals surface area contributed by atoms with Crippen molar-refractivity contribution in [2.45, 2.75) is 6.42 Å². The minimum Gasteiger partial charge on any atom is -0.303 e. The van der Waals surface area contributed by atoms with E-state index in [2.05, 4.69) is 0 Å². The third-order valence-corrected chi connectivity index (χ3v) is 1.93. The normalized spacial score (nSPS) is 9.62. The summed E-state index contributed by atoms with van der Waals surface area (Å²) >= 11 is 5.69. The third-order valence-electron chi connectivity index (χ3n) is 1.58. The van der Waals surface area contributed by atoms with Crippen molar-refractivity contribution in [3.05, 3.63) is 38.9 Å². The van der Waals surface area contributed by atoms with Gasteiger partial charge in [-0.25, -0.2) is 0 Å². The van der Waals surface area contributed by atoms with Gasteiger partial charge in [0.15, 0.2) is 0 Å². The fourth-order valence-electron chi connectivity index (χ4n) is 1.00. The molecule has 0 bridgehead atoms. The monoisotopic (exact) mass is 199 g/mol. The fraction of sp³-hybridized carbons (Fsp3) is 0.125. The van der Waals surface area contributed by atoms with Gasteiger partial charge in [0, 0.05) is 12.5 Å². The van der Waals surface area contributed by atoms with Gasteiger partial charge in [-0.05, 0) is 6.07 Å². The molecular formula is C8H6ClNO3. The highest BCUT2D eigenvalue weighted by atomic mass is 35.5. The first kappa shape index (κ1) is 9.67. The minimum atomic E-state index is -0.551. The molecule has 5 heteroatoms. The van der Waals surface area contributed by atoms with Gasteiger partial charge in [0.05, 0.1) is 15.5 Å². The zero-order valence-corrected chi connectivity index (χ0v) is 7.32. The molecule has 0 aromatic heterocycles. The van der Waals surface area contributed by atoms with E-state index < -0.39 is 4.92 Å². The number of nitro benzene ring substituents is 1.